The van der Waals surface area contributed by atoms with E-state index in [1.54, 1.807) is 30.3 Å². The fourth-order valence-electron chi connectivity index (χ4n) is 2.77. The van der Waals surface area contributed by atoms with Gasteiger partial charge in [-0.1, -0.05) is 0 Å². The zero-order valence-electron chi connectivity index (χ0n) is 13.2. The summed E-state index contributed by atoms with van der Waals surface area (Å²) >= 11 is 0. The number of fused-ring (bicyclic) bond motifs is 1. The maximum absolute atomic E-state index is 14.4. The van der Waals surface area contributed by atoms with Crippen molar-refractivity contribution in [1.82, 2.24) is 10.3 Å². The Balaban J connectivity index is 1.51. The quantitative estimate of drug-likeness (QED) is 0.787. The normalized spacial score (nSPS) is 14.7. The number of nitrogens with one attached hydrogen (secondary N) is 1. The summed E-state index contributed by atoms with van der Waals surface area (Å²) in [6, 6.07) is 9.49. The van der Waals surface area contributed by atoms with Crippen molar-refractivity contribution in [3.05, 3.63) is 47.8 Å². The van der Waals surface area contributed by atoms with Gasteiger partial charge in [-0.3, -0.25) is 4.79 Å². The molecule has 1 fully saturated rings. The van der Waals surface area contributed by atoms with Crippen LogP contribution in [0.5, 0.6) is 0 Å². The topological polar surface area (TPSA) is 80.5 Å². The van der Waals surface area contributed by atoms with E-state index in [1.165, 1.54) is 6.07 Å². The summed E-state index contributed by atoms with van der Waals surface area (Å²) in [7, 11) is 0. The Labute approximate surface area is 142 Å². The summed E-state index contributed by atoms with van der Waals surface area (Å²) in [6.45, 7) is 2.46. The lowest BCUT2D eigenvalue weighted by atomic mass is 10.1. The van der Waals surface area contributed by atoms with Gasteiger partial charge < -0.3 is 15.0 Å². The van der Waals surface area contributed by atoms with Gasteiger partial charge in [0.15, 0.2) is 0 Å². The average molecular weight is 342 g/mol. The van der Waals surface area contributed by atoms with Crippen molar-refractivity contribution in [3.8, 4) is 0 Å². The minimum Gasteiger partial charge on any atom is -0.378 e. The average Bonchev–Trinajstić information content (AvgIpc) is 3.10. The number of benzene rings is 2. The van der Waals surface area contributed by atoms with Crippen molar-refractivity contribution < 1.29 is 18.6 Å². The molecule has 128 valence electrons. The highest BCUT2D eigenvalue weighted by Gasteiger charge is 2.16. The Morgan fingerprint density at radius 1 is 1.08 bits per heavy atom. The molecule has 3 aromatic rings. The molecule has 0 bridgehead atoms. The van der Waals surface area contributed by atoms with Gasteiger partial charge in [0.1, 0.15) is 16.9 Å². The molecule has 1 aromatic heterocycles. The zero-order chi connectivity index (χ0) is 17.2. The molecule has 1 saturated heterocycles. The Hall–Kier alpha value is -3.00. The number of carbonyl (C=O) groups is 1. The molecular weight excluding hydrogens is 327 g/mol. The maximum atomic E-state index is 14.4. The van der Waals surface area contributed by atoms with E-state index < -0.39 is 0 Å². The largest absolute Gasteiger partial charge is 0.378 e. The summed E-state index contributed by atoms with van der Waals surface area (Å²) in [5.41, 5.74) is 2.34. The van der Waals surface area contributed by atoms with Gasteiger partial charge in [-0.2, -0.15) is 0 Å². The predicted octanol–water partition coefficient (Wildman–Crippen LogP) is 2.45. The zero-order valence-corrected chi connectivity index (χ0v) is 13.2. The highest BCUT2D eigenvalue weighted by molar-refractivity contribution is 6.05. The third kappa shape index (κ3) is 3.16. The highest BCUT2D eigenvalue weighted by Crippen LogP contribution is 2.24. The number of rotatable bonds is 3. The Morgan fingerprint density at radius 3 is 2.68 bits per heavy atom. The minimum absolute atomic E-state index is 0.358. The van der Waals surface area contributed by atoms with E-state index in [1.807, 2.05) is 4.90 Å². The van der Waals surface area contributed by atoms with Crippen molar-refractivity contribution in [2.24, 2.45) is 0 Å². The molecule has 4 rings (SSSR count). The van der Waals surface area contributed by atoms with Gasteiger partial charge in [0.25, 0.3) is 5.91 Å². The monoisotopic (exact) mass is 342 g/mol. The van der Waals surface area contributed by atoms with E-state index in [9.17, 15) is 9.18 Å². The van der Waals surface area contributed by atoms with Gasteiger partial charge in [0, 0.05) is 24.3 Å². The predicted molar refractivity (Wildman–Crippen MR) is 89.2 cm³/mol. The number of ether oxygens (including phenoxy) is 1. The first-order valence-corrected chi connectivity index (χ1v) is 7.86. The van der Waals surface area contributed by atoms with Gasteiger partial charge in [0.05, 0.1) is 18.9 Å². The lowest BCUT2D eigenvalue weighted by Gasteiger charge is -2.29. The molecule has 0 atom stereocenters. The molecule has 0 radical (unpaired) electrons. The standard InChI is InChI=1S/C17H15FN4O3/c18-13-10-12(2-4-16(13)22-5-7-24-8-6-22)19-17(23)11-1-3-14-15(9-11)21-25-20-14/h1-4,9-10H,5-8H2,(H,19,23). The van der Waals surface area contributed by atoms with Crippen LogP contribution >= 0.6 is 0 Å². The second-order valence-corrected chi connectivity index (χ2v) is 5.69. The van der Waals surface area contributed by atoms with Gasteiger partial charge in [-0.15, -0.1) is 0 Å². The van der Waals surface area contributed by atoms with Gasteiger partial charge in [-0.05, 0) is 46.7 Å². The highest BCUT2D eigenvalue weighted by atomic mass is 19.1. The minimum atomic E-state index is -0.379. The van der Waals surface area contributed by atoms with Gasteiger partial charge in [0.2, 0.25) is 0 Å². The van der Waals surface area contributed by atoms with E-state index in [4.69, 9.17) is 4.74 Å². The number of morpholine rings is 1. The fourth-order valence-corrected chi connectivity index (χ4v) is 2.77. The molecule has 0 spiro atoms. The number of amides is 1. The lowest BCUT2D eigenvalue weighted by molar-refractivity contribution is 0.102. The van der Waals surface area contributed by atoms with E-state index in [-0.39, 0.29) is 11.7 Å². The number of anilines is 2. The van der Waals surface area contributed by atoms with E-state index in [0.717, 1.165) is 0 Å². The Morgan fingerprint density at radius 2 is 1.88 bits per heavy atom. The molecule has 1 aliphatic heterocycles. The van der Waals surface area contributed by atoms with Crippen molar-refractivity contribution in [1.29, 1.82) is 0 Å². The molecule has 2 heterocycles. The summed E-state index contributed by atoms with van der Waals surface area (Å²) in [5, 5.41) is 10.1. The number of aromatic nitrogens is 2. The van der Waals surface area contributed by atoms with E-state index >= 15 is 0 Å². The third-order valence-electron chi connectivity index (χ3n) is 4.07. The van der Waals surface area contributed by atoms with Crippen molar-refractivity contribution in [2.75, 3.05) is 36.5 Å². The first-order chi connectivity index (χ1) is 12.2. The summed E-state index contributed by atoms with van der Waals surface area (Å²) in [4.78, 5) is 14.3. The molecule has 8 heteroatoms. The molecule has 2 aromatic carbocycles. The summed E-state index contributed by atoms with van der Waals surface area (Å²) < 4.78 is 24.3. The molecule has 25 heavy (non-hydrogen) atoms. The van der Waals surface area contributed by atoms with Crippen LogP contribution < -0.4 is 10.2 Å². The summed E-state index contributed by atoms with van der Waals surface area (Å²) in [6.07, 6.45) is 0. The number of hydrogen-bond donors (Lipinski definition) is 1. The third-order valence-corrected chi connectivity index (χ3v) is 4.07. The first kappa shape index (κ1) is 15.5. The molecule has 7 nitrogen and oxygen atoms in total. The van der Waals surface area contributed by atoms with Crippen LogP contribution in [0.1, 0.15) is 10.4 Å². The number of nitrogens with zero attached hydrogens (tertiary/aromatic N) is 3. The van der Waals surface area contributed by atoms with Crippen LogP contribution in [0.25, 0.3) is 11.0 Å². The molecule has 1 aliphatic rings. The lowest BCUT2D eigenvalue weighted by Crippen LogP contribution is -2.36. The molecule has 0 aliphatic carbocycles. The van der Waals surface area contributed by atoms with E-state index in [0.29, 0.717) is 54.3 Å². The van der Waals surface area contributed by atoms with Gasteiger partial charge in [-0.25, -0.2) is 9.02 Å². The maximum Gasteiger partial charge on any atom is 0.255 e. The van der Waals surface area contributed by atoms with Crippen LogP contribution in [-0.2, 0) is 4.74 Å². The van der Waals surface area contributed by atoms with Crippen LogP contribution in [0.2, 0.25) is 0 Å². The Bertz CT molecular complexity index is 921. The van der Waals surface area contributed by atoms with Gasteiger partial charge >= 0.3 is 0 Å². The van der Waals surface area contributed by atoms with Crippen molar-refractivity contribution in [3.63, 3.8) is 0 Å². The summed E-state index contributed by atoms with van der Waals surface area (Å²) in [5.74, 6) is -0.737. The molecule has 0 unspecified atom stereocenters. The molecule has 1 N–H and O–H groups in total. The van der Waals surface area contributed by atoms with Crippen molar-refractivity contribution >= 4 is 28.3 Å². The molecule has 0 saturated carbocycles. The second-order valence-electron chi connectivity index (χ2n) is 5.69. The Kier molecular flexibility index (Phi) is 4.02. The van der Waals surface area contributed by atoms with Crippen LogP contribution in [0.4, 0.5) is 15.8 Å². The second kappa shape index (κ2) is 6.48. The number of halogens is 1. The van der Waals surface area contributed by atoms with Crippen LogP contribution in [0.3, 0.4) is 0 Å². The van der Waals surface area contributed by atoms with Crippen molar-refractivity contribution in [2.45, 2.75) is 0 Å². The van der Waals surface area contributed by atoms with Crippen LogP contribution in [-0.4, -0.2) is 42.5 Å². The molecular formula is C17H15FN4O3. The van der Waals surface area contributed by atoms with Crippen LogP contribution in [0, 0.1) is 5.82 Å². The first-order valence-electron chi connectivity index (χ1n) is 7.86. The SMILES string of the molecule is O=C(Nc1ccc(N2CCOCC2)c(F)c1)c1ccc2nonc2c1. The van der Waals surface area contributed by atoms with Crippen LogP contribution in [0.15, 0.2) is 41.0 Å². The fraction of sp³-hybridized carbons (Fsp3) is 0.235. The smallest absolute Gasteiger partial charge is 0.255 e. The number of carbonyl (C=O) groups excluding carboxylic acids is 1. The number of hydrogen-bond acceptors (Lipinski definition) is 6. The van der Waals surface area contributed by atoms with E-state index in [2.05, 4.69) is 20.3 Å². The molecule has 1 amide bonds.